The second-order valence-corrected chi connectivity index (χ2v) is 5.48. The van der Waals surface area contributed by atoms with Crippen molar-refractivity contribution in [3.8, 4) is 0 Å². The zero-order chi connectivity index (χ0) is 11.6. The van der Waals surface area contributed by atoms with E-state index in [1.807, 2.05) is 25.7 Å². The quantitative estimate of drug-likeness (QED) is 0.653. The number of nitrogens with zero attached hydrogens (tertiary/aromatic N) is 1. The van der Waals surface area contributed by atoms with Crippen LogP contribution in [0.3, 0.4) is 0 Å². The summed E-state index contributed by atoms with van der Waals surface area (Å²) in [6.45, 7) is 10.5. The molecule has 1 unspecified atom stereocenters. The van der Waals surface area contributed by atoms with Crippen LogP contribution in [-0.4, -0.2) is 42.5 Å². The molecule has 1 aliphatic rings. The number of hydrogen-bond acceptors (Lipinski definition) is 3. The van der Waals surface area contributed by atoms with Crippen LogP contribution < -0.4 is 11.1 Å². The fourth-order valence-electron chi connectivity index (χ4n) is 1.70. The Morgan fingerprint density at radius 1 is 1.53 bits per heavy atom. The van der Waals surface area contributed by atoms with E-state index in [9.17, 15) is 4.79 Å². The lowest BCUT2D eigenvalue weighted by Crippen LogP contribution is -2.57. The highest BCUT2D eigenvalue weighted by molar-refractivity contribution is 5.82. The largest absolute Gasteiger partial charge is 0.339 e. The molecule has 88 valence electrons. The molecule has 0 aliphatic carbocycles. The molecule has 1 aliphatic heterocycles. The number of carbonyl (C=O) groups is 1. The van der Waals surface area contributed by atoms with Gasteiger partial charge in [0.1, 0.15) is 0 Å². The molecule has 0 radical (unpaired) electrons. The molecule has 1 fully saturated rings. The maximum absolute atomic E-state index is 12.1. The first-order valence-electron chi connectivity index (χ1n) is 5.60. The van der Waals surface area contributed by atoms with E-state index in [0.29, 0.717) is 6.04 Å². The Balaban J connectivity index is 2.60. The van der Waals surface area contributed by atoms with Crippen LogP contribution >= 0.6 is 0 Å². The number of carbonyl (C=O) groups excluding carboxylic acids is 1. The van der Waals surface area contributed by atoms with Gasteiger partial charge in [0.2, 0.25) is 5.91 Å². The lowest BCUT2D eigenvalue weighted by atomic mass is 9.86. The van der Waals surface area contributed by atoms with Crippen molar-refractivity contribution in [3.05, 3.63) is 0 Å². The Kier molecular flexibility index (Phi) is 3.73. The van der Waals surface area contributed by atoms with Gasteiger partial charge in [0.25, 0.3) is 0 Å². The fraction of sp³-hybridized carbons (Fsp3) is 0.909. The van der Waals surface area contributed by atoms with Crippen molar-refractivity contribution in [2.75, 3.05) is 19.6 Å². The number of nitrogens with two attached hydrogens (primary N) is 1. The molecule has 0 saturated carbocycles. The second-order valence-electron chi connectivity index (χ2n) is 5.48. The molecule has 1 rings (SSSR count). The van der Waals surface area contributed by atoms with Gasteiger partial charge in [0.05, 0.1) is 6.04 Å². The molecule has 15 heavy (non-hydrogen) atoms. The third kappa shape index (κ3) is 3.18. The Bertz CT molecular complexity index is 234. The topological polar surface area (TPSA) is 58.4 Å². The lowest BCUT2D eigenvalue weighted by molar-refractivity contribution is -0.136. The molecule has 0 spiro atoms. The van der Waals surface area contributed by atoms with E-state index < -0.39 is 6.04 Å². The first kappa shape index (κ1) is 12.5. The molecular weight excluding hydrogens is 190 g/mol. The number of nitrogens with one attached hydrogen (secondary N) is 1. The van der Waals surface area contributed by atoms with Crippen molar-refractivity contribution in [3.63, 3.8) is 0 Å². The van der Waals surface area contributed by atoms with Crippen LogP contribution in [0.5, 0.6) is 0 Å². The van der Waals surface area contributed by atoms with E-state index >= 15 is 0 Å². The third-order valence-electron chi connectivity index (χ3n) is 2.88. The average Bonchev–Trinajstić information content (AvgIpc) is 2.14. The van der Waals surface area contributed by atoms with Gasteiger partial charge in [0, 0.05) is 25.7 Å². The van der Waals surface area contributed by atoms with Gasteiger partial charge in [-0.15, -0.1) is 0 Å². The van der Waals surface area contributed by atoms with Crippen molar-refractivity contribution in [1.82, 2.24) is 10.2 Å². The lowest BCUT2D eigenvalue weighted by Gasteiger charge is -2.36. The minimum atomic E-state index is -0.400. The SMILES string of the molecule is CC1CN(C(=O)[C@@H](N)C(C)(C)C)CCN1. The molecule has 0 bridgehead atoms. The molecule has 4 nitrogen and oxygen atoms in total. The Hall–Kier alpha value is -0.610. The average molecular weight is 213 g/mol. The van der Waals surface area contributed by atoms with E-state index in [-0.39, 0.29) is 11.3 Å². The standard InChI is InChI=1S/C11H23N3O/c1-8-7-14(6-5-13-8)10(15)9(12)11(2,3)4/h8-9,13H,5-7,12H2,1-4H3/t8?,9-/m1/s1. The van der Waals surface area contributed by atoms with Crippen molar-refractivity contribution in [2.45, 2.75) is 39.8 Å². The molecule has 2 atom stereocenters. The Morgan fingerprint density at radius 3 is 2.60 bits per heavy atom. The number of amides is 1. The van der Waals surface area contributed by atoms with E-state index in [0.717, 1.165) is 19.6 Å². The molecule has 3 N–H and O–H groups in total. The van der Waals surface area contributed by atoms with Crippen LogP contribution in [0.1, 0.15) is 27.7 Å². The minimum Gasteiger partial charge on any atom is -0.339 e. The molecule has 0 aromatic rings. The highest BCUT2D eigenvalue weighted by Crippen LogP contribution is 2.19. The molecule has 0 aromatic heterocycles. The number of hydrogen-bond donors (Lipinski definition) is 2. The van der Waals surface area contributed by atoms with Gasteiger partial charge in [-0.3, -0.25) is 4.79 Å². The number of piperazine rings is 1. The van der Waals surface area contributed by atoms with Crippen LogP contribution in [-0.2, 0) is 4.79 Å². The zero-order valence-electron chi connectivity index (χ0n) is 10.2. The second kappa shape index (κ2) is 4.49. The zero-order valence-corrected chi connectivity index (χ0v) is 10.2. The van der Waals surface area contributed by atoms with E-state index in [1.54, 1.807) is 0 Å². The summed E-state index contributed by atoms with van der Waals surface area (Å²) in [5, 5.41) is 3.31. The van der Waals surface area contributed by atoms with Gasteiger partial charge < -0.3 is 16.0 Å². The summed E-state index contributed by atoms with van der Waals surface area (Å²) < 4.78 is 0. The van der Waals surface area contributed by atoms with Crippen molar-refractivity contribution < 1.29 is 4.79 Å². The van der Waals surface area contributed by atoms with Gasteiger partial charge in [0.15, 0.2) is 0 Å². The van der Waals surface area contributed by atoms with E-state index in [2.05, 4.69) is 12.2 Å². The Morgan fingerprint density at radius 2 is 2.13 bits per heavy atom. The molecule has 0 aromatic carbocycles. The van der Waals surface area contributed by atoms with Gasteiger partial charge in [-0.25, -0.2) is 0 Å². The highest BCUT2D eigenvalue weighted by atomic mass is 16.2. The summed E-state index contributed by atoms with van der Waals surface area (Å²) in [5.74, 6) is 0.0795. The monoisotopic (exact) mass is 213 g/mol. The summed E-state index contributed by atoms with van der Waals surface area (Å²) in [7, 11) is 0. The first-order chi connectivity index (χ1) is 6.82. The predicted molar refractivity (Wildman–Crippen MR) is 61.5 cm³/mol. The van der Waals surface area contributed by atoms with Crippen LogP contribution in [0.25, 0.3) is 0 Å². The number of rotatable bonds is 1. The maximum Gasteiger partial charge on any atom is 0.240 e. The van der Waals surface area contributed by atoms with Gasteiger partial charge in [-0.2, -0.15) is 0 Å². The maximum atomic E-state index is 12.1. The van der Waals surface area contributed by atoms with Gasteiger partial charge in [-0.05, 0) is 12.3 Å². The summed E-state index contributed by atoms with van der Waals surface area (Å²) in [4.78, 5) is 13.9. The molecule has 1 saturated heterocycles. The third-order valence-corrected chi connectivity index (χ3v) is 2.88. The van der Waals surface area contributed by atoms with Crippen LogP contribution in [0.15, 0.2) is 0 Å². The first-order valence-corrected chi connectivity index (χ1v) is 5.60. The van der Waals surface area contributed by atoms with Crippen LogP contribution in [0.2, 0.25) is 0 Å². The highest BCUT2D eigenvalue weighted by Gasteiger charge is 2.32. The Labute approximate surface area is 92.2 Å². The van der Waals surface area contributed by atoms with Crippen LogP contribution in [0, 0.1) is 5.41 Å². The molecular formula is C11H23N3O. The summed E-state index contributed by atoms with van der Waals surface area (Å²) in [5.41, 5.74) is 5.80. The molecule has 1 amide bonds. The fourth-order valence-corrected chi connectivity index (χ4v) is 1.70. The van der Waals surface area contributed by atoms with Crippen molar-refractivity contribution in [2.24, 2.45) is 11.1 Å². The van der Waals surface area contributed by atoms with Crippen molar-refractivity contribution in [1.29, 1.82) is 0 Å². The van der Waals surface area contributed by atoms with E-state index in [4.69, 9.17) is 5.73 Å². The van der Waals surface area contributed by atoms with Crippen molar-refractivity contribution >= 4 is 5.91 Å². The van der Waals surface area contributed by atoms with E-state index in [1.165, 1.54) is 0 Å². The summed E-state index contributed by atoms with van der Waals surface area (Å²) >= 11 is 0. The van der Waals surface area contributed by atoms with Gasteiger partial charge >= 0.3 is 0 Å². The normalized spacial score (nSPS) is 25.1. The summed E-state index contributed by atoms with van der Waals surface area (Å²) in [6.07, 6.45) is 0. The minimum absolute atomic E-state index is 0.0795. The predicted octanol–water partition coefficient (Wildman–Crippen LogP) is 0.180. The smallest absolute Gasteiger partial charge is 0.240 e. The summed E-state index contributed by atoms with van der Waals surface area (Å²) in [6, 6.07) is -0.0299. The van der Waals surface area contributed by atoms with Crippen LogP contribution in [0.4, 0.5) is 0 Å². The molecule has 4 heteroatoms. The molecule has 1 heterocycles. The van der Waals surface area contributed by atoms with Gasteiger partial charge in [-0.1, -0.05) is 20.8 Å².